The fourth-order valence-corrected chi connectivity index (χ4v) is 2.58. The number of nitrogens with one attached hydrogen (secondary N) is 1. The SMILES string of the molecule is O=c1cnc2cnc(NCC3CC3)nc2n1-c1ccc(OC(F)F)cc1. The summed E-state index contributed by atoms with van der Waals surface area (Å²) in [6, 6.07) is 5.76. The fraction of sp³-hybridized carbons (Fsp3) is 0.294. The van der Waals surface area contributed by atoms with E-state index in [1.54, 1.807) is 6.20 Å². The molecule has 2 aromatic heterocycles. The van der Waals surface area contributed by atoms with Crippen LogP contribution in [0.4, 0.5) is 14.7 Å². The number of alkyl halides is 2. The van der Waals surface area contributed by atoms with E-state index in [4.69, 9.17) is 0 Å². The third-order valence-corrected chi connectivity index (χ3v) is 4.06. The number of hydrogen-bond donors (Lipinski definition) is 1. The Morgan fingerprint density at radius 3 is 2.65 bits per heavy atom. The van der Waals surface area contributed by atoms with Gasteiger partial charge in [-0.3, -0.25) is 9.36 Å². The minimum Gasteiger partial charge on any atom is -0.435 e. The molecule has 0 bridgehead atoms. The molecule has 0 amide bonds. The molecule has 1 N–H and O–H groups in total. The van der Waals surface area contributed by atoms with E-state index in [0.29, 0.717) is 28.7 Å². The molecule has 2 heterocycles. The summed E-state index contributed by atoms with van der Waals surface area (Å²) in [6.07, 6.45) is 5.11. The second-order valence-electron chi connectivity index (χ2n) is 6.03. The van der Waals surface area contributed by atoms with Gasteiger partial charge in [0, 0.05) is 6.54 Å². The van der Waals surface area contributed by atoms with Gasteiger partial charge in [0.1, 0.15) is 11.3 Å². The van der Waals surface area contributed by atoms with Crippen LogP contribution in [-0.4, -0.2) is 32.7 Å². The lowest BCUT2D eigenvalue weighted by Gasteiger charge is -2.11. The van der Waals surface area contributed by atoms with Crippen LogP contribution < -0.4 is 15.6 Å². The van der Waals surface area contributed by atoms with Gasteiger partial charge in [0.05, 0.1) is 18.1 Å². The largest absolute Gasteiger partial charge is 0.435 e. The van der Waals surface area contributed by atoms with Gasteiger partial charge in [0.15, 0.2) is 5.65 Å². The lowest BCUT2D eigenvalue weighted by atomic mass is 10.3. The van der Waals surface area contributed by atoms with Crippen molar-refractivity contribution >= 4 is 17.1 Å². The van der Waals surface area contributed by atoms with Crippen molar-refractivity contribution in [2.45, 2.75) is 19.5 Å². The first-order valence-corrected chi connectivity index (χ1v) is 8.14. The molecule has 0 radical (unpaired) electrons. The zero-order valence-corrected chi connectivity index (χ0v) is 13.6. The molecule has 0 saturated heterocycles. The van der Waals surface area contributed by atoms with Crippen molar-refractivity contribution in [1.82, 2.24) is 19.5 Å². The van der Waals surface area contributed by atoms with Gasteiger partial charge in [-0.25, -0.2) is 9.97 Å². The van der Waals surface area contributed by atoms with Crippen molar-refractivity contribution in [3.8, 4) is 11.4 Å². The highest BCUT2D eigenvalue weighted by Gasteiger charge is 2.21. The predicted octanol–water partition coefficient (Wildman–Crippen LogP) is 2.60. The molecule has 3 aromatic rings. The van der Waals surface area contributed by atoms with Gasteiger partial charge < -0.3 is 10.1 Å². The number of fused-ring (bicyclic) bond motifs is 1. The first kappa shape index (κ1) is 16.4. The quantitative estimate of drug-likeness (QED) is 0.729. The zero-order chi connectivity index (χ0) is 18.1. The smallest absolute Gasteiger partial charge is 0.387 e. The maximum Gasteiger partial charge on any atom is 0.387 e. The Labute approximate surface area is 146 Å². The maximum atomic E-state index is 12.4. The predicted molar refractivity (Wildman–Crippen MR) is 90.8 cm³/mol. The first-order chi connectivity index (χ1) is 12.6. The average molecular weight is 359 g/mol. The number of anilines is 1. The van der Waals surface area contributed by atoms with E-state index in [1.807, 2.05) is 0 Å². The van der Waals surface area contributed by atoms with Gasteiger partial charge in [0.25, 0.3) is 5.56 Å². The molecule has 4 rings (SSSR count). The second-order valence-corrected chi connectivity index (χ2v) is 6.03. The Morgan fingerprint density at radius 1 is 1.19 bits per heavy atom. The van der Waals surface area contributed by atoms with Crippen LogP contribution in [0.15, 0.2) is 41.5 Å². The molecular formula is C17H15F2N5O2. The molecule has 1 fully saturated rings. The molecular weight excluding hydrogens is 344 g/mol. The van der Waals surface area contributed by atoms with Gasteiger partial charge in [-0.05, 0) is 43.0 Å². The number of hydrogen-bond acceptors (Lipinski definition) is 6. The van der Waals surface area contributed by atoms with Crippen LogP contribution in [0.5, 0.6) is 5.75 Å². The van der Waals surface area contributed by atoms with Gasteiger partial charge >= 0.3 is 6.61 Å². The molecule has 9 heteroatoms. The maximum absolute atomic E-state index is 12.4. The number of rotatable bonds is 6. The molecule has 1 aliphatic carbocycles. The van der Waals surface area contributed by atoms with E-state index in [9.17, 15) is 13.6 Å². The Morgan fingerprint density at radius 2 is 1.96 bits per heavy atom. The lowest BCUT2D eigenvalue weighted by molar-refractivity contribution is -0.0498. The Hall–Kier alpha value is -3.10. The Kier molecular flexibility index (Phi) is 4.19. The van der Waals surface area contributed by atoms with E-state index < -0.39 is 6.61 Å². The standard InChI is InChI=1S/C17H15F2N5O2/c18-16(19)26-12-5-3-11(4-6-12)24-14(25)9-20-13-8-22-17(23-15(13)24)21-7-10-1-2-10/h3-6,8-10,16H,1-2,7H2,(H,21,22,23). The minimum absolute atomic E-state index is 0.0107. The van der Waals surface area contributed by atoms with Gasteiger partial charge in [-0.15, -0.1) is 0 Å². The van der Waals surface area contributed by atoms with Gasteiger partial charge in [-0.1, -0.05) is 0 Å². The number of benzene rings is 1. The highest BCUT2D eigenvalue weighted by Crippen LogP contribution is 2.28. The third kappa shape index (κ3) is 3.46. The van der Waals surface area contributed by atoms with E-state index in [1.165, 1.54) is 47.9 Å². The average Bonchev–Trinajstić information content (AvgIpc) is 3.45. The summed E-state index contributed by atoms with van der Waals surface area (Å²) in [4.78, 5) is 25.0. The second kappa shape index (κ2) is 6.66. The van der Waals surface area contributed by atoms with Gasteiger partial charge in [0.2, 0.25) is 5.95 Å². The van der Waals surface area contributed by atoms with Crippen LogP contribution in [-0.2, 0) is 0 Å². The summed E-state index contributed by atoms with van der Waals surface area (Å²) in [7, 11) is 0. The van der Waals surface area contributed by atoms with Crippen LogP contribution in [0, 0.1) is 5.92 Å². The molecule has 134 valence electrons. The molecule has 0 aliphatic heterocycles. The van der Waals surface area contributed by atoms with E-state index >= 15 is 0 Å². The summed E-state index contributed by atoms with van der Waals surface area (Å²) >= 11 is 0. The summed E-state index contributed by atoms with van der Waals surface area (Å²) < 4.78 is 30.3. The normalized spacial score (nSPS) is 14.0. The molecule has 1 aromatic carbocycles. The van der Waals surface area contributed by atoms with Gasteiger partial charge in [-0.2, -0.15) is 13.8 Å². The number of nitrogens with zero attached hydrogens (tertiary/aromatic N) is 4. The number of ether oxygens (including phenoxy) is 1. The summed E-state index contributed by atoms with van der Waals surface area (Å²) in [5.74, 6) is 1.08. The highest BCUT2D eigenvalue weighted by atomic mass is 19.3. The minimum atomic E-state index is -2.90. The van der Waals surface area contributed by atoms with E-state index in [-0.39, 0.29) is 11.3 Å². The Balaban J connectivity index is 1.73. The van der Waals surface area contributed by atoms with Crippen LogP contribution >= 0.6 is 0 Å². The number of aromatic nitrogens is 4. The lowest BCUT2D eigenvalue weighted by Crippen LogP contribution is -2.20. The van der Waals surface area contributed by atoms with Crippen molar-refractivity contribution in [2.24, 2.45) is 5.92 Å². The molecule has 7 nitrogen and oxygen atoms in total. The van der Waals surface area contributed by atoms with Crippen molar-refractivity contribution < 1.29 is 13.5 Å². The molecule has 0 unspecified atom stereocenters. The van der Waals surface area contributed by atoms with Crippen LogP contribution in [0.25, 0.3) is 16.9 Å². The summed E-state index contributed by atoms with van der Waals surface area (Å²) in [5, 5.41) is 3.16. The summed E-state index contributed by atoms with van der Waals surface area (Å²) in [6.45, 7) is -2.12. The molecule has 1 aliphatic rings. The zero-order valence-electron chi connectivity index (χ0n) is 13.6. The molecule has 0 spiro atoms. The van der Waals surface area contributed by atoms with Crippen molar-refractivity contribution in [3.63, 3.8) is 0 Å². The number of halogens is 2. The van der Waals surface area contributed by atoms with Crippen molar-refractivity contribution in [3.05, 3.63) is 47.0 Å². The first-order valence-electron chi connectivity index (χ1n) is 8.14. The van der Waals surface area contributed by atoms with E-state index in [2.05, 4.69) is 25.0 Å². The third-order valence-electron chi connectivity index (χ3n) is 4.06. The topological polar surface area (TPSA) is 81.9 Å². The monoisotopic (exact) mass is 359 g/mol. The van der Waals surface area contributed by atoms with E-state index in [0.717, 1.165) is 6.54 Å². The van der Waals surface area contributed by atoms with Crippen LogP contribution in [0.1, 0.15) is 12.8 Å². The van der Waals surface area contributed by atoms with Crippen molar-refractivity contribution in [1.29, 1.82) is 0 Å². The Bertz CT molecular complexity index is 987. The molecule has 0 atom stereocenters. The highest BCUT2D eigenvalue weighted by molar-refractivity contribution is 5.72. The van der Waals surface area contributed by atoms with Crippen molar-refractivity contribution in [2.75, 3.05) is 11.9 Å². The summed E-state index contributed by atoms with van der Waals surface area (Å²) in [5.41, 5.74) is 0.880. The fourth-order valence-electron chi connectivity index (χ4n) is 2.58. The molecule has 26 heavy (non-hydrogen) atoms. The van der Waals surface area contributed by atoms with Crippen LogP contribution in [0.2, 0.25) is 0 Å². The molecule has 1 saturated carbocycles. The van der Waals surface area contributed by atoms with Crippen LogP contribution in [0.3, 0.4) is 0 Å².